The number of hydrogen-bond acceptors (Lipinski definition) is 1. The van der Waals surface area contributed by atoms with E-state index in [0.717, 1.165) is 17.3 Å². The molecule has 0 spiro atoms. The summed E-state index contributed by atoms with van der Waals surface area (Å²) in [5.41, 5.74) is 2.37. The van der Waals surface area contributed by atoms with Crippen LogP contribution in [0.1, 0.15) is 25.0 Å². The first kappa shape index (κ1) is 11.6. The second kappa shape index (κ2) is 4.35. The van der Waals surface area contributed by atoms with E-state index in [1.807, 2.05) is 19.1 Å². The molecule has 0 saturated carbocycles. The van der Waals surface area contributed by atoms with E-state index in [4.69, 9.17) is 0 Å². The maximum absolute atomic E-state index is 9.56. The summed E-state index contributed by atoms with van der Waals surface area (Å²) in [6.45, 7) is 6.33. The zero-order valence-corrected chi connectivity index (χ0v) is 10.6. The summed E-state index contributed by atoms with van der Waals surface area (Å²) < 4.78 is 0. The van der Waals surface area contributed by atoms with E-state index in [2.05, 4.69) is 35.8 Å². The SMILES string of the molecule is Cc1ccc(CC(C)(C)CBr)cc1O. The summed E-state index contributed by atoms with van der Waals surface area (Å²) in [6.07, 6.45) is 0.978. The van der Waals surface area contributed by atoms with Crippen LogP contribution in [0, 0.1) is 12.3 Å². The van der Waals surface area contributed by atoms with Crippen molar-refractivity contribution in [1.29, 1.82) is 0 Å². The Morgan fingerprint density at radius 2 is 2.00 bits per heavy atom. The minimum atomic E-state index is 0.238. The van der Waals surface area contributed by atoms with Gasteiger partial charge in [0.2, 0.25) is 0 Å². The van der Waals surface area contributed by atoms with Gasteiger partial charge in [0.1, 0.15) is 5.75 Å². The van der Waals surface area contributed by atoms with E-state index in [1.54, 1.807) is 0 Å². The lowest BCUT2D eigenvalue weighted by atomic mass is 9.88. The van der Waals surface area contributed by atoms with Gasteiger partial charge in [0, 0.05) is 5.33 Å². The van der Waals surface area contributed by atoms with E-state index in [1.165, 1.54) is 5.56 Å². The van der Waals surface area contributed by atoms with E-state index in [9.17, 15) is 5.11 Å². The van der Waals surface area contributed by atoms with Crippen molar-refractivity contribution < 1.29 is 5.11 Å². The summed E-state index contributed by atoms with van der Waals surface area (Å²) in [5.74, 6) is 0.396. The van der Waals surface area contributed by atoms with Crippen LogP contribution in [-0.4, -0.2) is 10.4 Å². The minimum Gasteiger partial charge on any atom is -0.508 e. The average molecular weight is 257 g/mol. The van der Waals surface area contributed by atoms with Gasteiger partial charge in [-0.05, 0) is 36.0 Å². The van der Waals surface area contributed by atoms with Gasteiger partial charge in [0.05, 0.1) is 0 Å². The average Bonchev–Trinajstić information content (AvgIpc) is 2.11. The fraction of sp³-hybridized carbons (Fsp3) is 0.500. The topological polar surface area (TPSA) is 20.2 Å². The van der Waals surface area contributed by atoms with E-state index >= 15 is 0 Å². The molecule has 0 fully saturated rings. The first-order chi connectivity index (χ1) is 6.44. The molecule has 0 aromatic heterocycles. The molecule has 0 unspecified atom stereocenters. The predicted molar refractivity (Wildman–Crippen MR) is 64.1 cm³/mol. The number of halogens is 1. The smallest absolute Gasteiger partial charge is 0.118 e. The summed E-state index contributed by atoms with van der Waals surface area (Å²) in [7, 11) is 0. The second-order valence-corrected chi connectivity index (χ2v) is 5.16. The van der Waals surface area contributed by atoms with Gasteiger partial charge in [-0.3, -0.25) is 0 Å². The van der Waals surface area contributed by atoms with Crippen molar-refractivity contribution in [2.45, 2.75) is 27.2 Å². The number of phenols is 1. The number of alkyl halides is 1. The molecule has 1 aromatic carbocycles. The zero-order chi connectivity index (χ0) is 10.8. The van der Waals surface area contributed by atoms with Gasteiger partial charge in [0.15, 0.2) is 0 Å². The Morgan fingerprint density at radius 1 is 1.36 bits per heavy atom. The van der Waals surface area contributed by atoms with Gasteiger partial charge in [-0.2, -0.15) is 0 Å². The molecule has 0 radical (unpaired) electrons. The highest BCUT2D eigenvalue weighted by Crippen LogP contribution is 2.26. The van der Waals surface area contributed by atoms with Gasteiger partial charge in [-0.15, -0.1) is 0 Å². The standard InChI is InChI=1S/C12H17BrO/c1-9-4-5-10(6-11(9)14)7-12(2,3)8-13/h4-6,14H,7-8H2,1-3H3. The van der Waals surface area contributed by atoms with Crippen molar-refractivity contribution in [2.24, 2.45) is 5.41 Å². The molecule has 2 heteroatoms. The molecule has 14 heavy (non-hydrogen) atoms. The van der Waals surface area contributed by atoms with Crippen molar-refractivity contribution in [3.05, 3.63) is 29.3 Å². The fourth-order valence-corrected chi connectivity index (χ4v) is 1.56. The van der Waals surface area contributed by atoms with Gasteiger partial charge in [-0.1, -0.05) is 41.9 Å². The Kier molecular flexibility index (Phi) is 3.59. The third-order valence-corrected chi connectivity index (χ3v) is 3.84. The summed E-state index contributed by atoms with van der Waals surface area (Å²) in [5, 5.41) is 10.5. The van der Waals surface area contributed by atoms with Crippen LogP contribution >= 0.6 is 15.9 Å². The van der Waals surface area contributed by atoms with Crippen LogP contribution in [0.4, 0.5) is 0 Å². The van der Waals surface area contributed by atoms with Crippen molar-refractivity contribution in [3.8, 4) is 5.75 Å². The van der Waals surface area contributed by atoms with Gasteiger partial charge in [-0.25, -0.2) is 0 Å². The normalized spacial score (nSPS) is 11.7. The van der Waals surface area contributed by atoms with Gasteiger partial charge >= 0.3 is 0 Å². The molecule has 0 aliphatic heterocycles. The quantitative estimate of drug-likeness (QED) is 0.819. The number of benzene rings is 1. The molecule has 0 heterocycles. The van der Waals surface area contributed by atoms with Crippen molar-refractivity contribution in [1.82, 2.24) is 0 Å². The zero-order valence-electron chi connectivity index (χ0n) is 8.97. The summed E-state index contributed by atoms with van der Waals surface area (Å²) in [6, 6.07) is 5.91. The Hall–Kier alpha value is -0.500. The van der Waals surface area contributed by atoms with Crippen LogP contribution in [-0.2, 0) is 6.42 Å². The third-order valence-electron chi connectivity index (χ3n) is 2.32. The van der Waals surface area contributed by atoms with Crippen LogP contribution in [0.3, 0.4) is 0 Å². The maximum Gasteiger partial charge on any atom is 0.118 e. The lowest BCUT2D eigenvalue weighted by Gasteiger charge is -2.21. The molecule has 1 aromatic rings. The highest BCUT2D eigenvalue weighted by Gasteiger charge is 2.16. The maximum atomic E-state index is 9.56. The Labute approximate surface area is 94.3 Å². The van der Waals surface area contributed by atoms with Crippen molar-refractivity contribution >= 4 is 15.9 Å². The van der Waals surface area contributed by atoms with E-state index in [0.29, 0.717) is 5.75 Å². The first-order valence-electron chi connectivity index (χ1n) is 4.79. The van der Waals surface area contributed by atoms with Crippen molar-refractivity contribution in [2.75, 3.05) is 5.33 Å². The summed E-state index contributed by atoms with van der Waals surface area (Å²) in [4.78, 5) is 0. The largest absolute Gasteiger partial charge is 0.508 e. The Balaban J connectivity index is 2.83. The predicted octanol–water partition coefficient (Wildman–Crippen LogP) is 3.66. The monoisotopic (exact) mass is 256 g/mol. The molecule has 78 valence electrons. The molecular weight excluding hydrogens is 240 g/mol. The number of phenolic OH excluding ortho intramolecular Hbond substituents is 1. The van der Waals surface area contributed by atoms with Crippen LogP contribution < -0.4 is 0 Å². The number of aromatic hydroxyl groups is 1. The molecule has 1 nitrogen and oxygen atoms in total. The molecule has 0 bridgehead atoms. The summed E-state index contributed by atoms with van der Waals surface area (Å²) >= 11 is 3.50. The molecule has 1 N–H and O–H groups in total. The van der Waals surface area contributed by atoms with Crippen LogP contribution in [0.25, 0.3) is 0 Å². The van der Waals surface area contributed by atoms with E-state index < -0.39 is 0 Å². The molecule has 0 aliphatic rings. The van der Waals surface area contributed by atoms with Crippen molar-refractivity contribution in [3.63, 3.8) is 0 Å². The highest BCUT2D eigenvalue weighted by molar-refractivity contribution is 9.09. The number of rotatable bonds is 3. The lowest BCUT2D eigenvalue weighted by molar-refractivity contribution is 0.422. The lowest BCUT2D eigenvalue weighted by Crippen LogP contribution is -2.16. The van der Waals surface area contributed by atoms with Gasteiger partial charge < -0.3 is 5.11 Å². The van der Waals surface area contributed by atoms with Crippen LogP contribution in [0.2, 0.25) is 0 Å². The van der Waals surface area contributed by atoms with Crippen LogP contribution in [0.15, 0.2) is 18.2 Å². The molecule has 0 atom stereocenters. The molecule has 0 saturated heterocycles. The van der Waals surface area contributed by atoms with Gasteiger partial charge in [0.25, 0.3) is 0 Å². The third kappa shape index (κ3) is 3.02. The minimum absolute atomic E-state index is 0.238. The molecular formula is C12H17BrO. The Bertz CT molecular complexity index is 318. The van der Waals surface area contributed by atoms with E-state index in [-0.39, 0.29) is 5.41 Å². The highest BCUT2D eigenvalue weighted by atomic mass is 79.9. The number of hydrogen-bond donors (Lipinski definition) is 1. The van der Waals surface area contributed by atoms with Crippen LogP contribution in [0.5, 0.6) is 5.75 Å². The number of aryl methyl sites for hydroxylation is 1. The second-order valence-electron chi connectivity index (χ2n) is 4.60. The Morgan fingerprint density at radius 3 is 2.50 bits per heavy atom. The molecule has 0 aliphatic carbocycles. The fourth-order valence-electron chi connectivity index (χ4n) is 1.36. The molecule has 1 rings (SSSR count). The molecule has 0 amide bonds. The first-order valence-corrected chi connectivity index (χ1v) is 5.91.